The summed E-state index contributed by atoms with van der Waals surface area (Å²) < 4.78 is 33.1. The molecule has 0 radical (unpaired) electrons. The Balaban J connectivity index is 1.39. The summed E-state index contributed by atoms with van der Waals surface area (Å²) in [6.07, 6.45) is 3.73. The standard InChI is InChI=1S/C26H25N3O5S/c1-18(30)29-16-15-20-17-21(10-13-24(20)29)27-26(31)14-9-19-7-11-22(12-8-19)35(32,33)28-23-5-3-4-6-25(23)34-2/h3-14,17,28H,15-16H2,1-2H3,(H,27,31)/b14-9+. The predicted molar refractivity (Wildman–Crippen MR) is 136 cm³/mol. The molecule has 0 saturated carbocycles. The predicted octanol–water partition coefficient (Wildman–Crippen LogP) is 4.06. The maximum Gasteiger partial charge on any atom is 0.262 e. The fraction of sp³-hybridized carbons (Fsp3) is 0.154. The quantitative estimate of drug-likeness (QED) is 0.485. The zero-order valence-electron chi connectivity index (χ0n) is 19.3. The Morgan fingerprint density at radius 2 is 1.77 bits per heavy atom. The summed E-state index contributed by atoms with van der Waals surface area (Å²) in [6, 6.07) is 18.4. The second-order valence-corrected chi connectivity index (χ2v) is 9.64. The monoisotopic (exact) mass is 491 g/mol. The van der Waals surface area contributed by atoms with Crippen LogP contribution in [0.4, 0.5) is 17.1 Å². The summed E-state index contributed by atoms with van der Waals surface area (Å²) in [6.45, 7) is 2.18. The van der Waals surface area contributed by atoms with Crippen LogP contribution in [0, 0.1) is 0 Å². The minimum atomic E-state index is -3.81. The molecule has 0 unspecified atom stereocenters. The number of sulfonamides is 1. The van der Waals surface area contributed by atoms with Crippen molar-refractivity contribution >= 4 is 45.0 Å². The largest absolute Gasteiger partial charge is 0.495 e. The van der Waals surface area contributed by atoms with Gasteiger partial charge in [0.05, 0.1) is 17.7 Å². The number of anilines is 3. The summed E-state index contributed by atoms with van der Waals surface area (Å²) in [7, 11) is -2.34. The Morgan fingerprint density at radius 1 is 1.03 bits per heavy atom. The number of carbonyl (C=O) groups excluding carboxylic acids is 2. The maximum absolute atomic E-state index is 12.7. The van der Waals surface area contributed by atoms with Crippen molar-refractivity contribution in [3.05, 3.63) is 83.9 Å². The van der Waals surface area contributed by atoms with Gasteiger partial charge in [-0.1, -0.05) is 24.3 Å². The highest BCUT2D eigenvalue weighted by Gasteiger charge is 2.22. The highest BCUT2D eigenvalue weighted by Crippen LogP contribution is 2.30. The lowest BCUT2D eigenvalue weighted by molar-refractivity contribution is -0.116. The van der Waals surface area contributed by atoms with Crippen LogP contribution in [-0.4, -0.2) is 33.9 Å². The van der Waals surface area contributed by atoms with Crippen LogP contribution in [0.3, 0.4) is 0 Å². The lowest BCUT2D eigenvalue weighted by Gasteiger charge is -2.14. The third kappa shape index (κ3) is 5.52. The first-order valence-corrected chi connectivity index (χ1v) is 12.4. The molecular weight excluding hydrogens is 466 g/mol. The van der Waals surface area contributed by atoms with Crippen LogP contribution in [0.5, 0.6) is 5.75 Å². The van der Waals surface area contributed by atoms with E-state index >= 15 is 0 Å². The van der Waals surface area contributed by atoms with Crippen molar-refractivity contribution in [2.24, 2.45) is 0 Å². The Labute approximate surface area is 204 Å². The minimum Gasteiger partial charge on any atom is -0.495 e. The number of hydrogen-bond acceptors (Lipinski definition) is 5. The SMILES string of the molecule is COc1ccccc1NS(=O)(=O)c1ccc(/C=C/C(=O)Nc2ccc3c(c2)CCN3C(C)=O)cc1. The summed E-state index contributed by atoms with van der Waals surface area (Å²) >= 11 is 0. The molecule has 180 valence electrons. The first-order valence-electron chi connectivity index (χ1n) is 10.9. The second-order valence-electron chi connectivity index (χ2n) is 7.96. The Hall–Kier alpha value is -4.11. The van der Waals surface area contributed by atoms with Crippen LogP contribution in [-0.2, 0) is 26.0 Å². The third-order valence-corrected chi connectivity index (χ3v) is 6.97. The van der Waals surface area contributed by atoms with Gasteiger partial charge in [0.2, 0.25) is 11.8 Å². The van der Waals surface area contributed by atoms with Crippen molar-refractivity contribution in [1.29, 1.82) is 0 Å². The molecule has 8 nitrogen and oxygen atoms in total. The van der Waals surface area contributed by atoms with E-state index in [-0.39, 0.29) is 16.7 Å². The van der Waals surface area contributed by atoms with Gasteiger partial charge in [-0.15, -0.1) is 0 Å². The summed E-state index contributed by atoms with van der Waals surface area (Å²) in [5.74, 6) is 0.0972. The number of fused-ring (bicyclic) bond motifs is 1. The van der Waals surface area contributed by atoms with Crippen molar-refractivity contribution in [2.75, 3.05) is 28.6 Å². The first-order chi connectivity index (χ1) is 16.8. The molecule has 35 heavy (non-hydrogen) atoms. The molecule has 2 N–H and O–H groups in total. The van der Waals surface area contributed by atoms with Crippen LogP contribution in [0.2, 0.25) is 0 Å². The second kappa shape index (κ2) is 10.0. The number of nitrogens with zero attached hydrogens (tertiary/aromatic N) is 1. The molecule has 1 aliphatic rings. The number of hydrogen-bond donors (Lipinski definition) is 2. The van der Waals surface area contributed by atoms with Gasteiger partial charge in [0.25, 0.3) is 10.0 Å². The normalized spacial score (nSPS) is 12.9. The highest BCUT2D eigenvalue weighted by atomic mass is 32.2. The fourth-order valence-electron chi connectivity index (χ4n) is 3.85. The maximum atomic E-state index is 12.7. The van der Waals surface area contributed by atoms with Gasteiger partial charge in [0.1, 0.15) is 5.75 Å². The lowest BCUT2D eigenvalue weighted by atomic mass is 10.1. The van der Waals surface area contributed by atoms with Crippen molar-refractivity contribution in [3.63, 3.8) is 0 Å². The third-order valence-electron chi connectivity index (χ3n) is 5.59. The molecule has 3 aromatic rings. The topological polar surface area (TPSA) is 105 Å². The van der Waals surface area contributed by atoms with Crippen molar-refractivity contribution in [2.45, 2.75) is 18.2 Å². The van der Waals surface area contributed by atoms with Gasteiger partial charge in [-0.3, -0.25) is 14.3 Å². The van der Waals surface area contributed by atoms with E-state index < -0.39 is 10.0 Å². The van der Waals surface area contributed by atoms with E-state index in [1.807, 2.05) is 12.1 Å². The van der Waals surface area contributed by atoms with E-state index in [1.165, 1.54) is 32.2 Å². The van der Waals surface area contributed by atoms with Gasteiger partial charge in [-0.05, 0) is 66.1 Å². The van der Waals surface area contributed by atoms with Gasteiger partial charge in [-0.25, -0.2) is 8.42 Å². The van der Waals surface area contributed by atoms with Crippen molar-refractivity contribution in [1.82, 2.24) is 0 Å². The van der Waals surface area contributed by atoms with Gasteiger partial charge < -0.3 is 15.0 Å². The molecule has 2 amide bonds. The zero-order valence-corrected chi connectivity index (χ0v) is 20.1. The molecule has 0 spiro atoms. The molecule has 3 aromatic carbocycles. The van der Waals surface area contributed by atoms with E-state index in [0.717, 1.165) is 17.7 Å². The average Bonchev–Trinajstić information content (AvgIpc) is 3.27. The molecule has 0 aliphatic carbocycles. The van der Waals surface area contributed by atoms with Crippen molar-refractivity contribution in [3.8, 4) is 5.75 Å². The molecule has 0 atom stereocenters. The molecule has 0 fully saturated rings. The molecular formula is C26H25N3O5S. The van der Waals surface area contributed by atoms with E-state index in [2.05, 4.69) is 10.0 Å². The molecule has 0 aromatic heterocycles. The Morgan fingerprint density at radius 3 is 2.49 bits per heavy atom. The molecule has 1 aliphatic heterocycles. The van der Waals surface area contributed by atoms with Gasteiger partial charge in [0, 0.05) is 30.9 Å². The molecule has 4 rings (SSSR count). The molecule has 0 bridgehead atoms. The fourth-order valence-corrected chi connectivity index (χ4v) is 4.92. The van der Waals surface area contributed by atoms with E-state index in [1.54, 1.807) is 53.4 Å². The number of para-hydroxylation sites is 2. The van der Waals surface area contributed by atoms with Gasteiger partial charge >= 0.3 is 0 Å². The van der Waals surface area contributed by atoms with Crippen LogP contribution in [0.1, 0.15) is 18.1 Å². The number of rotatable bonds is 7. The Bertz CT molecular complexity index is 1400. The lowest BCUT2D eigenvalue weighted by Crippen LogP contribution is -2.25. The van der Waals surface area contributed by atoms with Gasteiger partial charge in [-0.2, -0.15) is 0 Å². The highest BCUT2D eigenvalue weighted by molar-refractivity contribution is 7.92. The van der Waals surface area contributed by atoms with Crippen LogP contribution in [0.25, 0.3) is 6.08 Å². The van der Waals surface area contributed by atoms with E-state index in [0.29, 0.717) is 29.2 Å². The smallest absolute Gasteiger partial charge is 0.262 e. The van der Waals surface area contributed by atoms with Crippen LogP contribution in [0.15, 0.2) is 77.7 Å². The van der Waals surface area contributed by atoms with Gasteiger partial charge in [0.15, 0.2) is 0 Å². The number of methoxy groups -OCH3 is 1. The number of nitrogens with one attached hydrogen (secondary N) is 2. The minimum absolute atomic E-state index is 0.00198. The van der Waals surface area contributed by atoms with Crippen LogP contribution < -0.4 is 19.7 Å². The van der Waals surface area contributed by atoms with Crippen LogP contribution >= 0.6 is 0 Å². The average molecular weight is 492 g/mol. The molecule has 1 heterocycles. The number of carbonyl (C=O) groups is 2. The summed E-state index contributed by atoms with van der Waals surface area (Å²) in [5, 5.41) is 2.81. The van der Waals surface area contributed by atoms with E-state index in [4.69, 9.17) is 4.74 Å². The van der Waals surface area contributed by atoms with E-state index in [9.17, 15) is 18.0 Å². The first kappa shape index (κ1) is 24.0. The molecule has 0 saturated heterocycles. The number of amides is 2. The number of ether oxygens (including phenoxy) is 1. The van der Waals surface area contributed by atoms with Crippen molar-refractivity contribution < 1.29 is 22.7 Å². The Kier molecular flexibility index (Phi) is 6.88. The summed E-state index contributed by atoms with van der Waals surface area (Å²) in [5.41, 5.74) is 3.55. The number of benzene rings is 3. The zero-order chi connectivity index (χ0) is 25.0. The summed E-state index contributed by atoms with van der Waals surface area (Å²) in [4.78, 5) is 25.9. The molecule has 9 heteroatoms.